The summed E-state index contributed by atoms with van der Waals surface area (Å²) in [5.41, 5.74) is 0. The Kier molecular flexibility index (Phi) is 4.86. The molecule has 0 aromatic heterocycles. The van der Waals surface area contributed by atoms with Crippen LogP contribution in [0.2, 0.25) is 0 Å². The van der Waals surface area contributed by atoms with E-state index in [1.165, 1.54) is 0 Å². The first-order valence-electron chi connectivity index (χ1n) is 4.78. The second-order valence-corrected chi connectivity index (χ2v) is 3.41. The Hall–Kier alpha value is -0.650. The Morgan fingerprint density at radius 1 is 1.57 bits per heavy atom. The minimum atomic E-state index is -0.0583. The first kappa shape index (κ1) is 11.4. The van der Waals surface area contributed by atoms with Gasteiger partial charge in [-0.3, -0.25) is 4.79 Å². The topological polar surface area (TPSA) is 59.6 Å². The van der Waals surface area contributed by atoms with E-state index < -0.39 is 0 Å². The third kappa shape index (κ3) is 3.25. The highest BCUT2D eigenvalue weighted by atomic mass is 16.5. The first-order chi connectivity index (χ1) is 6.77. The third-order valence-corrected chi connectivity index (χ3v) is 2.34. The van der Waals surface area contributed by atoms with Gasteiger partial charge in [-0.25, -0.2) is 0 Å². The molecule has 0 bridgehead atoms. The molecule has 14 heavy (non-hydrogen) atoms. The number of ether oxygens (including phenoxy) is 2. The highest BCUT2D eigenvalue weighted by Gasteiger charge is 2.24. The number of nitrogens with one attached hydrogen (secondary N) is 2. The van der Waals surface area contributed by atoms with Gasteiger partial charge in [-0.1, -0.05) is 0 Å². The van der Waals surface area contributed by atoms with Crippen molar-refractivity contribution in [2.45, 2.75) is 6.10 Å². The zero-order chi connectivity index (χ0) is 10.4. The largest absolute Gasteiger partial charge is 0.382 e. The maximum absolute atomic E-state index is 11.4. The normalized spacial score (nSPS) is 18.7. The van der Waals surface area contributed by atoms with Gasteiger partial charge in [0.15, 0.2) is 0 Å². The molecule has 1 atom stereocenters. The molecule has 1 amide bonds. The van der Waals surface area contributed by atoms with Crippen LogP contribution >= 0.6 is 0 Å². The molecule has 1 heterocycles. The molecule has 1 saturated heterocycles. The van der Waals surface area contributed by atoms with Crippen molar-refractivity contribution in [1.82, 2.24) is 10.6 Å². The van der Waals surface area contributed by atoms with Gasteiger partial charge in [0.2, 0.25) is 5.91 Å². The molecule has 1 fully saturated rings. The van der Waals surface area contributed by atoms with Crippen LogP contribution in [0, 0.1) is 5.92 Å². The van der Waals surface area contributed by atoms with Crippen LogP contribution in [0.4, 0.5) is 0 Å². The molecular weight excluding hydrogens is 184 g/mol. The van der Waals surface area contributed by atoms with E-state index in [9.17, 15) is 4.79 Å². The van der Waals surface area contributed by atoms with E-state index in [0.717, 1.165) is 13.1 Å². The smallest absolute Gasteiger partial charge is 0.225 e. The van der Waals surface area contributed by atoms with Crippen molar-refractivity contribution in [1.29, 1.82) is 0 Å². The molecule has 0 spiro atoms. The van der Waals surface area contributed by atoms with E-state index in [-0.39, 0.29) is 17.9 Å². The van der Waals surface area contributed by atoms with Gasteiger partial charge in [-0.05, 0) is 0 Å². The summed E-state index contributed by atoms with van der Waals surface area (Å²) in [5.74, 6) is 0.233. The number of amides is 1. The number of carbonyl (C=O) groups is 1. The lowest BCUT2D eigenvalue weighted by Crippen LogP contribution is -2.52. The molecule has 0 saturated carbocycles. The van der Waals surface area contributed by atoms with Gasteiger partial charge in [-0.15, -0.1) is 0 Å². The molecule has 1 unspecified atom stereocenters. The summed E-state index contributed by atoms with van der Waals surface area (Å²) in [7, 11) is 3.23. The molecule has 1 rings (SSSR count). The lowest BCUT2D eigenvalue weighted by Gasteiger charge is -2.26. The summed E-state index contributed by atoms with van der Waals surface area (Å²) < 4.78 is 10.1. The van der Waals surface area contributed by atoms with Gasteiger partial charge in [0.25, 0.3) is 0 Å². The van der Waals surface area contributed by atoms with Gasteiger partial charge < -0.3 is 20.1 Å². The average Bonchev–Trinajstić information content (AvgIpc) is 2.09. The van der Waals surface area contributed by atoms with Crippen molar-refractivity contribution in [2.75, 3.05) is 40.5 Å². The van der Waals surface area contributed by atoms with Crippen molar-refractivity contribution < 1.29 is 14.3 Å². The third-order valence-electron chi connectivity index (χ3n) is 2.34. The summed E-state index contributed by atoms with van der Waals surface area (Å²) in [6.07, 6.45) is -0.0583. The SMILES string of the molecule is COCC(CNC(=O)C1CNC1)OC. The lowest BCUT2D eigenvalue weighted by molar-refractivity contribution is -0.127. The fourth-order valence-electron chi connectivity index (χ4n) is 1.23. The molecule has 1 aliphatic heterocycles. The van der Waals surface area contributed by atoms with Crippen molar-refractivity contribution in [3.05, 3.63) is 0 Å². The molecule has 82 valence electrons. The zero-order valence-electron chi connectivity index (χ0n) is 8.71. The number of hydrogen-bond donors (Lipinski definition) is 2. The van der Waals surface area contributed by atoms with E-state index in [1.807, 2.05) is 0 Å². The predicted octanol–water partition coefficient (Wildman–Crippen LogP) is -1.02. The minimum Gasteiger partial charge on any atom is -0.382 e. The van der Waals surface area contributed by atoms with Crippen LogP contribution in [0.15, 0.2) is 0 Å². The van der Waals surface area contributed by atoms with E-state index in [4.69, 9.17) is 9.47 Å². The first-order valence-corrected chi connectivity index (χ1v) is 4.78. The van der Waals surface area contributed by atoms with E-state index in [2.05, 4.69) is 10.6 Å². The zero-order valence-corrected chi connectivity index (χ0v) is 8.71. The van der Waals surface area contributed by atoms with Crippen molar-refractivity contribution >= 4 is 5.91 Å². The molecule has 0 aliphatic carbocycles. The maximum atomic E-state index is 11.4. The van der Waals surface area contributed by atoms with Crippen LogP contribution in [0.1, 0.15) is 0 Å². The summed E-state index contributed by atoms with van der Waals surface area (Å²) in [6, 6.07) is 0. The maximum Gasteiger partial charge on any atom is 0.225 e. The predicted molar refractivity (Wildman–Crippen MR) is 52.0 cm³/mol. The van der Waals surface area contributed by atoms with Crippen molar-refractivity contribution in [3.8, 4) is 0 Å². The molecule has 5 nitrogen and oxygen atoms in total. The second kappa shape index (κ2) is 5.95. The lowest BCUT2D eigenvalue weighted by atomic mass is 10.0. The average molecular weight is 202 g/mol. The molecule has 1 aliphatic rings. The molecular formula is C9H18N2O3. The number of methoxy groups -OCH3 is 2. The van der Waals surface area contributed by atoms with Gasteiger partial charge >= 0.3 is 0 Å². The summed E-state index contributed by atoms with van der Waals surface area (Å²) in [5, 5.41) is 5.89. The molecule has 0 radical (unpaired) electrons. The Morgan fingerprint density at radius 3 is 2.71 bits per heavy atom. The van der Waals surface area contributed by atoms with Crippen molar-refractivity contribution in [3.63, 3.8) is 0 Å². The highest BCUT2D eigenvalue weighted by Crippen LogP contribution is 2.02. The molecule has 0 aromatic carbocycles. The number of hydrogen-bond acceptors (Lipinski definition) is 4. The highest BCUT2D eigenvalue weighted by molar-refractivity contribution is 5.79. The number of carbonyl (C=O) groups excluding carboxylic acids is 1. The van der Waals surface area contributed by atoms with Crippen LogP contribution in [0.3, 0.4) is 0 Å². The molecule has 5 heteroatoms. The standard InChI is InChI=1S/C9H18N2O3/c1-13-6-8(14-2)5-11-9(12)7-3-10-4-7/h7-8,10H,3-6H2,1-2H3,(H,11,12). The fourth-order valence-corrected chi connectivity index (χ4v) is 1.23. The minimum absolute atomic E-state index is 0.0583. The Labute approximate surface area is 84.1 Å². The van der Waals surface area contributed by atoms with Gasteiger partial charge in [0, 0.05) is 33.9 Å². The molecule has 0 aromatic rings. The quantitative estimate of drug-likeness (QED) is 0.579. The monoisotopic (exact) mass is 202 g/mol. The Morgan fingerprint density at radius 2 is 2.29 bits per heavy atom. The summed E-state index contributed by atoms with van der Waals surface area (Å²) in [4.78, 5) is 11.4. The van der Waals surface area contributed by atoms with Crippen molar-refractivity contribution in [2.24, 2.45) is 5.92 Å². The Bertz CT molecular complexity index is 183. The Balaban J connectivity index is 2.13. The summed E-state index contributed by atoms with van der Waals surface area (Å²) >= 11 is 0. The van der Waals surface area contributed by atoms with Gasteiger partial charge in [0.05, 0.1) is 18.6 Å². The fraction of sp³-hybridized carbons (Fsp3) is 0.889. The van der Waals surface area contributed by atoms with Crippen LogP contribution in [-0.2, 0) is 14.3 Å². The van der Waals surface area contributed by atoms with Crippen LogP contribution in [-0.4, -0.2) is 52.5 Å². The summed E-state index contributed by atoms with van der Waals surface area (Å²) in [6.45, 7) is 2.58. The number of rotatable bonds is 6. The molecule has 2 N–H and O–H groups in total. The van der Waals surface area contributed by atoms with Crippen LogP contribution < -0.4 is 10.6 Å². The van der Waals surface area contributed by atoms with E-state index >= 15 is 0 Å². The second-order valence-electron chi connectivity index (χ2n) is 3.41. The van der Waals surface area contributed by atoms with Gasteiger partial charge in [-0.2, -0.15) is 0 Å². The van der Waals surface area contributed by atoms with E-state index in [1.54, 1.807) is 14.2 Å². The van der Waals surface area contributed by atoms with Crippen LogP contribution in [0.25, 0.3) is 0 Å². The van der Waals surface area contributed by atoms with Crippen LogP contribution in [0.5, 0.6) is 0 Å². The van der Waals surface area contributed by atoms with Gasteiger partial charge in [0.1, 0.15) is 0 Å². The van der Waals surface area contributed by atoms with E-state index in [0.29, 0.717) is 13.2 Å².